The van der Waals surface area contributed by atoms with Crippen LogP contribution in [0.25, 0.3) is 0 Å². The average Bonchev–Trinajstić information content (AvgIpc) is 2.63. The minimum Gasteiger partial charge on any atom is -0.404 e. The Morgan fingerprint density at radius 1 is 1.23 bits per heavy atom. The van der Waals surface area contributed by atoms with E-state index in [1.807, 2.05) is 30.3 Å². The molecule has 1 fully saturated rings. The summed E-state index contributed by atoms with van der Waals surface area (Å²) < 4.78 is 0. The van der Waals surface area contributed by atoms with Crippen molar-refractivity contribution in [3.63, 3.8) is 0 Å². The van der Waals surface area contributed by atoms with Crippen molar-refractivity contribution in [2.24, 2.45) is 16.5 Å². The zero-order valence-electron chi connectivity index (χ0n) is 14.8. The molecule has 136 valence electrons. The summed E-state index contributed by atoms with van der Waals surface area (Å²) in [7, 11) is 0. The number of para-hydroxylation sites is 1. The lowest BCUT2D eigenvalue weighted by Gasteiger charge is -2.29. The molecular weight excluding hydrogens is 326 g/mol. The van der Waals surface area contributed by atoms with Crippen molar-refractivity contribution in [1.29, 1.82) is 0 Å². The first-order chi connectivity index (χ1) is 12.6. The number of anilines is 1. The number of nitrogens with zero attached hydrogens (tertiary/aromatic N) is 2. The normalized spacial score (nSPS) is 21.8. The summed E-state index contributed by atoms with van der Waals surface area (Å²) in [6, 6.07) is 9.67. The molecular formula is C20H25N5O. The number of benzene rings is 1. The third kappa shape index (κ3) is 3.79. The van der Waals surface area contributed by atoms with E-state index in [1.165, 1.54) is 36.4 Å². The number of amidine groups is 1. The lowest BCUT2D eigenvalue weighted by molar-refractivity contribution is -0.113. The number of hydrogen-bond acceptors (Lipinski definition) is 5. The van der Waals surface area contributed by atoms with Crippen LogP contribution in [0.4, 0.5) is 5.69 Å². The van der Waals surface area contributed by atoms with Crippen LogP contribution in [0.5, 0.6) is 0 Å². The fourth-order valence-corrected chi connectivity index (χ4v) is 3.38. The molecule has 3 rings (SSSR count). The molecule has 1 aliphatic carbocycles. The van der Waals surface area contributed by atoms with Crippen molar-refractivity contribution < 1.29 is 4.79 Å². The van der Waals surface area contributed by atoms with Gasteiger partial charge in [-0.15, -0.1) is 0 Å². The van der Waals surface area contributed by atoms with Crippen LogP contribution in [0, 0.1) is 0 Å². The van der Waals surface area contributed by atoms with E-state index in [9.17, 15) is 4.79 Å². The highest BCUT2D eigenvalue weighted by Gasteiger charge is 2.29. The molecule has 0 aromatic heterocycles. The number of hydrogen-bond donors (Lipinski definition) is 3. The number of nitrogens with one attached hydrogen (secondary N) is 1. The summed E-state index contributed by atoms with van der Waals surface area (Å²) in [5, 5.41) is 3.36. The van der Waals surface area contributed by atoms with E-state index in [2.05, 4.69) is 16.9 Å². The molecule has 6 heteroatoms. The number of aliphatic imine (C=N–C) groups is 1. The SMILES string of the molecule is C=C(/N=C1\C(=C/N)C(N)=CC(=O)N1c1ccccc1)NC1CCCCC1. The monoisotopic (exact) mass is 351 g/mol. The molecule has 0 saturated heterocycles. The first kappa shape index (κ1) is 17.8. The van der Waals surface area contributed by atoms with Gasteiger partial charge in [-0.2, -0.15) is 0 Å². The number of rotatable bonds is 4. The maximum Gasteiger partial charge on any atom is 0.258 e. The highest BCUT2D eigenvalue weighted by atomic mass is 16.2. The maximum atomic E-state index is 12.6. The van der Waals surface area contributed by atoms with Gasteiger partial charge in [0, 0.05) is 24.0 Å². The highest BCUT2D eigenvalue weighted by molar-refractivity contribution is 6.30. The van der Waals surface area contributed by atoms with Gasteiger partial charge < -0.3 is 16.8 Å². The molecule has 1 aromatic rings. The van der Waals surface area contributed by atoms with Gasteiger partial charge in [0.25, 0.3) is 5.91 Å². The van der Waals surface area contributed by atoms with E-state index in [0.29, 0.717) is 34.7 Å². The maximum absolute atomic E-state index is 12.6. The quantitative estimate of drug-likeness (QED) is 0.776. The van der Waals surface area contributed by atoms with Crippen molar-refractivity contribution >= 4 is 17.4 Å². The molecule has 26 heavy (non-hydrogen) atoms. The second-order valence-corrected chi connectivity index (χ2v) is 6.55. The largest absolute Gasteiger partial charge is 0.404 e. The second kappa shape index (κ2) is 7.91. The van der Waals surface area contributed by atoms with Gasteiger partial charge in [-0.1, -0.05) is 44.0 Å². The van der Waals surface area contributed by atoms with Crippen LogP contribution in [-0.4, -0.2) is 17.8 Å². The van der Waals surface area contributed by atoms with E-state index in [0.717, 1.165) is 12.8 Å². The van der Waals surface area contributed by atoms with Gasteiger partial charge >= 0.3 is 0 Å². The van der Waals surface area contributed by atoms with Crippen LogP contribution in [0.15, 0.2) is 71.3 Å². The molecule has 1 heterocycles. The van der Waals surface area contributed by atoms with Gasteiger partial charge in [-0.25, -0.2) is 4.99 Å². The summed E-state index contributed by atoms with van der Waals surface area (Å²) in [4.78, 5) is 18.7. The van der Waals surface area contributed by atoms with Crippen LogP contribution in [0.2, 0.25) is 0 Å². The molecule has 1 aliphatic heterocycles. The number of nitrogens with two attached hydrogens (primary N) is 2. The molecule has 6 nitrogen and oxygen atoms in total. The zero-order chi connectivity index (χ0) is 18.5. The van der Waals surface area contributed by atoms with E-state index in [1.54, 1.807) is 0 Å². The summed E-state index contributed by atoms with van der Waals surface area (Å²) in [6.07, 6.45) is 8.64. The van der Waals surface area contributed by atoms with E-state index in [4.69, 9.17) is 11.5 Å². The molecule has 0 atom stereocenters. The molecule has 1 saturated carbocycles. The number of amides is 1. The zero-order valence-corrected chi connectivity index (χ0v) is 14.8. The van der Waals surface area contributed by atoms with Crippen molar-refractivity contribution in [2.45, 2.75) is 38.1 Å². The fraction of sp³-hybridized carbons (Fsp3) is 0.300. The van der Waals surface area contributed by atoms with Crippen LogP contribution in [-0.2, 0) is 4.79 Å². The Morgan fingerprint density at radius 2 is 1.92 bits per heavy atom. The molecule has 0 unspecified atom stereocenters. The molecule has 0 radical (unpaired) electrons. The Kier molecular flexibility index (Phi) is 5.41. The summed E-state index contributed by atoms with van der Waals surface area (Å²) in [6.45, 7) is 4.02. The minimum atomic E-state index is -0.261. The van der Waals surface area contributed by atoms with E-state index < -0.39 is 0 Å². The van der Waals surface area contributed by atoms with Gasteiger partial charge in [-0.05, 0) is 25.0 Å². The Labute approximate surface area is 154 Å². The van der Waals surface area contributed by atoms with E-state index >= 15 is 0 Å². The predicted octanol–water partition coefficient (Wildman–Crippen LogP) is 2.51. The van der Waals surface area contributed by atoms with Crippen LogP contribution in [0.1, 0.15) is 32.1 Å². The van der Waals surface area contributed by atoms with Gasteiger partial charge in [0.2, 0.25) is 0 Å². The molecule has 2 aliphatic rings. The van der Waals surface area contributed by atoms with Crippen molar-refractivity contribution in [3.8, 4) is 0 Å². The average molecular weight is 351 g/mol. The van der Waals surface area contributed by atoms with Crippen LogP contribution < -0.4 is 21.7 Å². The summed E-state index contributed by atoms with van der Waals surface area (Å²) in [5.41, 5.74) is 13.3. The Hall–Kier alpha value is -3.02. The minimum absolute atomic E-state index is 0.261. The molecule has 1 aromatic carbocycles. The van der Waals surface area contributed by atoms with Crippen molar-refractivity contribution in [3.05, 3.63) is 66.3 Å². The van der Waals surface area contributed by atoms with Crippen LogP contribution in [0.3, 0.4) is 0 Å². The third-order valence-electron chi connectivity index (χ3n) is 4.66. The Balaban J connectivity index is 1.94. The number of carbonyl (C=O) groups excluding carboxylic acids is 1. The van der Waals surface area contributed by atoms with Gasteiger partial charge in [0.15, 0.2) is 5.84 Å². The van der Waals surface area contributed by atoms with E-state index in [-0.39, 0.29) is 5.91 Å². The number of carbonyl (C=O) groups is 1. The Morgan fingerprint density at radius 3 is 2.58 bits per heavy atom. The third-order valence-corrected chi connectivity index (χ3v) is 4.66. The van der Waals surface area contributed by atoms with Crippen LogP contribution >= 0.6 is 0 Å². The van der Waals surface area contributed by atoms with Gasteiger partial charge in [0.05, 0.1) is 11.3 Å². The summed E-state index contributed by atoms with van der Waals surface area (Å²) in [5.74, 6) is 0.634. The first-order valence-corrected chi connectivity index (χ1v) is 8.93. The van der Waals surface area contributed by atoms with Gasteiger partial charge in [-0.3, -0.25) is 9.69 Å². The van der Waals surface area contributed by atoms with Gasteiger partial charge in [0.1, 0.15) is 5.82 Å². The van der Waals surface area contributed by atoms with Crippen molar-refractivity contribution in [2.75, 3.05) is 4.90 Å². The first-order valence-electron chi connectivity index (χ1n) is 8.93. The summed E-state index contributed by atoms with van der Waals surface area (Å²) >= 11 is 0. The lowest BCUT2D eigenvalue weighted by Crippen LogP contribution is -2.43. The standard InChI is InChI=1S/C20H25N5O/c1-14(23-15-8-4-2-5-9-15)24-20-17(13-21)18(22)12-19(26)25(20)16-10-6-3-7-11-16/h3,6-7,10-13,15,23H,1-2,4-5,8-9,21-22H2/b17-13-,24-20+. The smallest absolute Gasteiger partial charge is 0.258 e. The fourth-order valence-electron chi connectivity index (χ4n) is 3.38. The predicted molar refractivity (Wildman–Crippen MR) is 105 cm³/mol. The second-order valence-electron chi connectivity index (χ2n) is 6.55. The molecule has 0 bridgehead atoms. The molecule has 1 amide bonds. The Bertz CT molecular complexity index is 773. The van der Waals surface area contributed by atoms with Crippen molar-refractivity contribution in [1.82, 2.24) is 5.32 Å². The lowest BCUT2D eigenvalue weighted by atomic mass is 9.96. The highest BCUT2D eigenvalue weighted by Crippen LogP contribution is 2.25. The topological polar surface area (TPSA) is 96.7 Å². The molecule has 0 spiro atoms. The molecule has 5 N–H and O–H groups in total.